The van der Waals surface area contributed by atoms with E-state index < -0.39 is 0 Å². The first kappa shape index (κ1) is 18.4. The van der Waals surface area contributed by atoms with E-state index >= 15 is 0 Å². The highest BCUT2D eigenvalue weighted by molar-refractivity contribution is 8.00. The van der Waals surface area contributed by atoms with Crippen LogP contribution in [0.1, 0.15) is 35.0 Å². The Balaban J connectivity index is 1.79. The molecular weight excluding hydrogens is 346 g/mol. The molecule has 3 rings (SSSR count). The first-order chi connectivity index (χ1) is 12.3. The number of nitrogens with zero attached hydrogens (tertiary/aromatic N) is 4. The number of aryl methyl sites for hydroxylation is 4. The van der Waals surface area contributed by atoms with Gasteiger partial charge < -0.3 is 5.32 Å². The number of hydrogen-bond acceptors (Lipinski definition) is 5. The lowest BCUT2D eigenvalue weighted by molar-refractivity contribution is -0.115. The van der Waals surface area contributed by atoms with Crippen LogP contribution in [0, 0.1) is 34.6 Å². The van der Waals surface area contributed by atoms with Crippen LogP contribution in [0.25, 0.3) is 5.78 Å². The molecule has 7 heteroatoms. The molecule has 0 aliphatic carbocycles. The van der Waals surface area contributed by atoms with Crippen LogP contribution >= 0.6 is 11.8 Å². The van der Waals surface area contributed by atoms with Crippen molar-refractivity contribution in [3.8, 4) is 0 Å². The van der Waals surface area contributed by atoms with Crippen LogP contribution in [0.3, 0.4) is 0 Å². The Morgan fingerprint density at radius 1 is 1.12 bits per heavy atom. The smallest absolute Gasteiger partial charge is 0.253 e. The van der Waals surface area contributed by atoms with E-state index in [2.05, 4.69) is 20.4 Å². The summed E-state index contributed by atoms with van der Waals surface area (Å²) in [4.78, 5) is 21.5. The fourth-order valence-corrected chi connectivity index (χ4v) is 3.48. The molecule has 0 spiro atoms. The van der Waals surface area contributed by atoms with Crippen molar-refractivity contribution in [3.05, 3.63) is 46.3 Å². The van der Waals surface area contributed by atoms with Crippen molar-refractivity contribution in [2.24, 2.45) is 0 Å². The largest absolute Gasteiger partial charge is 0.325 e. The van der Waals surface area contributed by atoms with Gasteiger partial charge in [-0.15, -0.1) is 5.10 Å². The van der Waals surface area contributed by atoms with E-state index in [9.17, 15) is 4.79 Å². The second-order valence-electron chi connectivity index (χ2n) is 6.53. The summed E-state index contributed by atoms with van der Waals surface area (Å²) in [6, 6.07) is 5.96. The normalized spacial score (nSPS) is 12.4. The van der Waals surface area contributed by atoms with Crippen molar-refractivity contribution in [1.82, 2.24) is 19.6 Å². The van der Waals surface area contributed by atoms with Gasteiger partial charge >= 0.3 is 0 Å². The maximum absolute atomic E-state index is 12.6. The molecule has 26 heavy (non-hydrogen) atoms. The topological polar surface area (TPSA) is 72.2 Å². The molecule has 1 N–H and O–H groups in total. The quantitative estimate of drug-likeness (QED) is 0.709. The first-order valence-corrected chi connectivity index (χ1v) is 9.40. The Labute approximate surface area is 157 Å². The number of anilines is 1. The molecule has 6 nitrogen and oxygen atoms in total. The summed E-state index contributed by atoms with van der Waals surface area (Å²) >= 11 is 1.33. The average molecular weight is 369 g/mol. The Morgan fingerprint density at radius 3 is 2.42 bits per heavy atom. The lowest BCUT2D eigenvalue weighted by atomic mass is 10.1. The van der Waals surface area contributed by atoms with Gasteiger partial charge in [0.15, 0.2) is 0 Å². The number of nitrogens with one attached hydrogen (secondary N) is 1. The Morgan fingerprint density at radius 2 is 1.77 bits per heavy atom. The third kappa shape index (κ3) is 3.44. The zero-order valence-corrected chi connectivity index (χ0v) is 16.7. The minimum absolute atomic E-state index is 0.0664. The van der Waals surface area contributed by atoms with Crippen LogP contribution in [0.5, 0.6) is 0 Å². The predicted octanol–water partition coefficient (Wildman–Crippen LogP) is 3.79. The average Bonchev–Trinajstić information content (AvgIpc) is 2.98. The van der Waals surface area contributed by atoms with E-state index in [4.69, 9.17) is 0 Å². The van der Waals surface area contributed by atoms with E-state index in [-0.39, 0.29) is 11.2 Å². The second kappa shape index (κ2) is 7.07. The van der Waals surface area contributed by atoms with Crippen molar-refractivity contribution >= 4 is 29.1 Å². The molecule has 0 aliphatic heterocycles. The van der Waals surface area contributed by atoms with E-state index in [1.807, 2.05) is 59.7 Å². The number of hydrogen-bond donors (Lipinski definition) is 1. The zero-order chi connectivity index (χ0) is 19.0. The summed E-state index contributed by atoms with van der Waals surface area (Å²) in [5.74, 6) is 0.499. The van der Waals surface area contributed by atoms with Crippen LogP contribution in [0.15, 0.2) is 23.4 Å². The van der Waals surface area contributed by atoms with Gasteiger partial charge in [0.2, 0.25) is 11.1 Å². The highest BCUT2D eigenvalue weighted by atomic mass is 32.2. The number of para-hydroxylation sites is 1. The summed E-state index contributed by atoms with van der Waals surface area (Å²) in [5.41, 5.74) is 6.02. The van der Waals surface area contributed by atoms with Crippen molar-refractivity contribution in [3.63, 3.8) is 0 Å². The third-order valence-corrected chi connectivity index (χ3v) is 5.57. The fourth-order valence-electron chi connectivity index (χ4n) is 2.74. The monoisotopic (exact) mass is 369 g/mol. The molecule has 0 saturated carbocycles. The van der Waals surface area contributed by atoms with Gasteiger partial charge in [0.25, 0.3) is 5.78 Å². The molecule has 1 amide bonds. The van der Waals surface area contributed by atoms with Crippen molar-refractivity contribution in [2.75, 3.05) is 5.32 Å². The molecule has 2 aromatic heterocycles. The zero-order valence-electron chi connectivity index (χ0n) is 15.9. The SMILES string of the molecule is Cc1cccc(C)c1NC(=O)[C@H](C)Sc1nc2nc(C)c(C)c(C)n2n1. The van der Waals surface area contributed by atoms with Gasteiger partial charge in [0.05, 0.1) is 5.25 Å². The summed E-state index contributed by atoms with van der Waals surface area (Å²) in [7, 11) is 0. The van der Waals surface area contributed by atoms with Crippen molar-refractivity contribution < 1.29 is 4.79 Å². The molecule has 0 fully saturated rings. The molecule has 1 aromatic carbocycles. The maximum atomic E-state index is 12.6. The molecule has 3 aromatic rings. The van der Waals surface area contributed by atoms with Crippen LogP contribution in [0.2, 0.25) is 0 Å². The summed E-state index contributed by atoms with van der Waals surface area (Å²) in [6.45, 7) is 11.8. The van der Waals surface area contributed by atoms with Crippen LogP contribution < -0.4 is 5.32 Å². The molecule has 0 bridgehead atoms. The number of aromatic nitrogens is 4. The third-order valence-electron chi connectivity index (χ3n) is 4.62. The number of rotatable bonds is 4. The molecule has 0 unspecified atom stereocenters. The summed E-state index contributed by atoms with van der Waals surface area (Å²) < 4.78 is 1.74. The molecular formula is C19H23N5OS. The number of thioether (sulfide) groups is 1. The molecule has 136 valence electrons. The molecule has 1 atom stereocenters. The summed E-state index contributed by atoms with van der Waals surface area (Å²) in [6.07, 6.45) is 0. The minimum atomic E-state index is -0.325. The Hall–Kier alpha value is -2.41. The number of carbonyl (C=O) groups excluding carboxylic acids is 1. The second-order valence-corrected chi connectivity index (χ2v) is 7.84. The van der Waals surface area contributed by atoms with Crippen LogP contribution in [0.4, 0.5) is 5.69 Å². The lowest BCUT2D eigenvalue weighted by Gasteiger charge is -2.14. The predicted molar refractivity (Wildman–Crippen MR) is 105 cm³/mol. The number of fused-ring (bicyclic) bond motifs is 1. The van der Waals surface area contributed by atoms with Crippen LogP contribution in [-0.2, 0) is 4.79 Å². The van der Waals surface area contributed by atoms with Gasteiger partial charge in [-0.3, -0.25) is 4.79 Å². The number of benzene rings is 1. The highest BCUT2D eigenvalue weighted by Gasteiger charge is 2.20. The van der Waals surface area contributed by atoms with Gasteiger partial charge in [-0.1, -0.05) is 30.0 Å². The fraction of sp³-hybridized carbons (Fsp3) is 0.368. The van der Waals surface area contributed by atoms with Gasteiger partial charge in [0, 0.05) is 17.1 Å². The first-order valence-electron chi connectivity index (χ1n) is 8.52. The number of carbonyl (C=O) groups is 1. The highest BCUT2D eigenvalue weighted by Crippen LogP contribution is 2.25. The van der Waals surface area contributed by atoms with E-state index in [0.29, 0.717) is 10.9 Å². The van der Waals surface area contributed by atoms with Crippen molar-refractivity contribution in [2.45, 2.75) is 51.9 Å². The standard InChI is InChI=1S/C19H23N5OS/c1-10-8-7-9-11(2)16(10)21-17(25)15(6)26-19-22-18-20-13(4)12(3)14(5)24(18)23-19/h7-9,15H,1-6H3,(H,21,25)/t15-/m0/s1. The van der Waals surface area contributed by atoms with Gasteiger partial charge in [-0.2, -0.15) is 4.98 Å². The van der Waals surface area contributed by atoms with E-state index in [0.717, 1.165) is 33.8 Å². The number of amides is 1. The lowest BCUT2D eigenvalue weighted by Crippen LogP contribution is -2.23. The molecule has 0 radical (unpaired) electrons. The van der Waals surface area contributed by atoms with Gasteiger partial charge in [-0.25, -0.2) is 9.50 Å². The Kier molecular flexibility index (Phi) is 5.00. The van der Waals surface area contributed by atoms with Gasteiger partial charge in [-0.05, 0) is 58.2 Å². The van der Waals surface area contributed by atoms with E-state index in [1.165, 1.54) is 11.8 Å². The molecule has 0 saturated heterocycles. The van der Waals surface area contributed by atoms with E-state index in [1.54, 1.807) is 4.52 Å². The van der Waals surface area contributed by atoms with Gasteiger partial charge in [0.1, 0.15) is 0 Å². The van der Waals surface area contributed by atoms with Crippen LogP contribution in [-0.4, -0.2) is 30.7 Å². The molecule has 2 heterocycles. The maximum Gasteiger partial charge on any atom is 0.253 e. The minimum Gasteiger partial charge on any atom is -0.325 e. The Bertz CT molecular complexity index is 975. The summed E-state index contributed by atoms with van der Waals surface area (Å²) in [5, 5.41) is 7.75. The molecule has 0 aliphatic rings. The van der Waals surface area contributed by atoms with Crippen molar-refractivity contribution in [1.29, 1.82) is 0 Å².